The van der Waals surface area contributed by atoms with E-state index in [2.05, 4.69) is 10.6 Å². The van der Waals surface area contributed by atoms with E-state index in [-0.39, 0.29) is 6.61 Å². The first-order chi connectivity index (χ1) is 10.7. The van der Waals surface area contributed by atoms with E-state index in [4.69, 9.17) is 10.00 Å². The molecule has 0 spiro atoms. The van der Waals surface area contributed by atoms with E-state index in [9.17, 15) is 9.59 Å². The molecule has 0 radical (unpaired) electrons. The predicted octanol–water partition coefficient (Wildman–Crippen LogP) is 2.29. The first-order valence-corrected chi connectivity index (χ1v) is 6.46. The Kier molecular flexibility index (Phi) is 5.10. The molecule has 0 aromatic heterocycles. The lowest BCUT2D eigenvalue weighted by Gasteiger charge is -2.08. The van der Waals surface area contributed by atoms with Crippen LogP contribution < -0.4 is 15.4 Å². The normalized spacial score (nSPS) is 9.41. The van der Waals surface area contributed by atoms with Crippen LogP contribution in [-0.4, -0.2) is 18.5 Å². The van der Waals surface area contributed by atoms with Crippen molar-refractivity contribution in [1.82, 2.24) is 5.32 Å². The first-order valence-electron chi connectivity index (χ1n) is 6.46. The molecule has 0 aliphatic heterocycles. The average molecular weight is 295 g/mol. The van der Waals surface area contributed by atoms with E-state index >= 15 is 0 Å². The Labute approximate surface area is 127 Å². The Bertz CT molecular complexity index is 691. The van der Waals surface area contributed by atoms with Crippen molar-refractivity contribution in [2.24, 2.45) is 0 Å². The number of nitrogens with zero attached hydrogens (tertiary/aromatic N) is 1. The van der Waals surface area contributed by atoms with Crippen LogP contribution in [0.25, 0.3) is 0 Å². The van der Waals surface area contributed by atoms with Gasteiger partial charge in [0.05, 0.1) is 11.6 Å². The Morgan fingerprint density at radius 1 is 1.05 bits per heavy atom. The summed E-state index contributed by atoms with van der Waals surface area (Å²) in [4.78, 5) is 23.2. The van der Waals surface area contributed by atoms with Gasteiger partial charge in [0.15, 0.2) is 6.61 Å². The van der Waals surface area contributed by atoms with E-state index < -0.39 is 11.9 Å². The van der Waals surface area contributed by atoms with Crippen LogP contribution in [0.2, 0.25) is 0 Å². The minimum atomic E-state index is -0.625. The molecule has 110 valence electrons. The summed E-state index contributed by atoms with van der Waals surface area (Å²) >= 11 is 0. The zero-order valence-electron chi connectivity index (χ0n) is 11.6. The minimum Gasteiger partial charge on any atom is -0.484 e. The van der Waals surface area contributed by atoms with Crippen LogP contribution in [0.3, 0.4) is 0 Å². The summed E-state index contributed by atoms with van der Waals surface area (Å²) in [5.74, 6) is -0.129. The maximum absolute atomic E-state index is 11.6. The molecule has 6 nitrogen and oxygen atoms in total. The maximum atomic E-state index is 11.6. The molecule has 0 saturated carbocycles. The lowest BCUT2D eigenvalue weighted by atomic mass is 10.2. The Morgan fingerprint density at radius 3 is 2.36 bits per heavy atom. The van der Waals surface area contributed by atoms with E-state index in [0.29, 0.717) is 17.0 Å². The third-order valence-electron chi connectivity index (χ3n) is 2.64. The van der Waals surface area contributed by atoms with Gasteiger partial charge >= 0.3 is 6.03 Å². The second-order valence-corrected chi connectivity index (χ2v) is 4.29. The van der Waals surface area contributed by atoms with E-state index in [1.807, 2.05) is 12.1 Å². The molecule has 2 N–H and O–H groups in total. The van der Waals surface area contributed by atoms with Gasteiger partial charge in [0, 0.05) is 5.69 Å². The molecule has 2 aromatic carbocycles. The summed E-state index contributed by atoms with van der Waals surface area (Å²) in [6.45, 7) is -0.298. The molecule has 0 unspecified atom stereocenters. The number of imide groups is 1. The first kappa shape index (κ1) is 15.1. The third kappa shape index (κ3) is 4.65. The number of anilines is 1. The Hall–Kier alpha value is -3.33. The molecule has 0 fully saturated rings. The quantitative estimate of drug-likeness (QED) is 0.905. The molecule has 2 aromatic rings. The van der Waals surface area contributed by atoms with Crippen LogP contribution in [0.5, 0.6) is 5.75 Å². The van der Waals surface area contributed by atoms with Crippen LogP contribution in [0.4, 0.5) is 10.5 Å². The molecule has 2 rings (SSSR count). The number of urea groups is 1. The van der Waals surface area contributed by atoms with Gasteiger partial charge in [-0.3, -0.25) is 10.1 Å². The summed E-state index contributed by atoms with van der Waals surface area (Å²) in [6, 6.07) is 16.4. The zero-order valence-corrected chi connectivity index (χ0v) is 11.6. The smallest absolute Gasteiger partial charge is 0.325 e. The highest BCUT2D eigenvalue weighted by atomic mass is 16.5. The number of hydrogen-bond donors (Lipinski definition) is 2. The van der Waals surface area contributed by atoms with Crippen molar-refractivity contribution in [1.29, 1.82) is 5.26 Å². The van der Waals surface area contributed by atoms with Gasteiger partial charge < -0.3 is 10.1 Å². The van der Waals surface area contributed by atoms with Gasteiger partial charge in [0.2, 0.25) is 0 Å². The van der Waals surface area contributed by atoms with Gasteiger partial charge in [-0.15, -0.1) is 0 Å². The molecule has 0 aliphatic carbocycles. The zero-order chi connectivity index (χ0) is 15.8. The molecular formula is C16H13N3O3. The summed E-state index contributed by atoms with van der Waals surface area (Å²) in [6.07, 6.45) is 0. The van der Waals surface area contributed by atoms with Gasteiger partial charge in [-0.2, -0.15) is 5.26 Å². The number of ether oxygens (including phenoxy) is 1. The van der Waals surface area contributed by atoms with Crippen LogP contribution in [0, 0.1) is 11.3 Å². The highest BCUT2D eigenvalue weighted by molar-refractivity contribution is 6.01. The molecule has 22 heavy (non-hydrogen) atoms. The fraction of sp³-hybridized carbons (Fsp3) is 0.0625. The second-order valence-electron chi connectivity index (χ2n) is 4.29. The van der Waals surface area contributed by atoms with Crippen molar-refractivity contribution >= 4 is 17.6 Å². The largest absolute Gasteiger partial charge is 0.484 e. The molecule has 6 heteroatoms. The maximum Gasteiger partial charge on any atom is 0.325 e. The fourth-order valence-electron chi connectivity index (χ4n) is 1.62. The van der Waals surface area contributed by atoms with Crippen molar-refractivity contribution in [2.45, 2.75) is 0 Å². The number of carbonyl (C=O) groups excluding carboxylic acids is 2. The minimum absolute atomic E-state index is 0.298. The number of hydrogen-bond acceptors (Lipinski definition) is 4. The van der Waals surface area contributed by atoms with Crippen molar-refractivity contribution < 1.29 is 14.3 Å². The number of nitriles is 1. The molecule has 0 bridgehead atoms. The molecule has 0 aliphatic rings. The van der Waals surface area contributed by atoms with Gasteiger partial charge in [-0.05, 0) is 36.4 Å². The highest BCUT2D eigenvalue weighted by Gasteiger charge is 2.08. The van der Waals surface area contributed by atoms with Crippen molar-refractivity contribution in [3.63, 3.8) is 0 Å². The standard InChI is InChI=1S/C16H13N3O3/c17-10-12-6-8-14(9-7-12)22-11-15(20)19-16(21)18-13-4-2-1-3-5-13/h1-9H,11H2,(H2,18,19,20,21). The van der Waals surface area contributed by atoms with Crippen LogP contribution in [-0.2, 0) is 4.79 Å². The van der Waals surface area contributed by atoms with Crippen molar-refractivity contribution in [3.8, 4) is 11.8 Å². The number of benzene rings is 2. The van der Waals surface area contributed by atoms with Crippen LogP contribution in [0.15, 0.2) is 54.6 Å². The van der Waals surface area contributed by atoms with Crippen molar-refractivity contribution in [3.05, 3.63) is 60.2 Å². The van der Waals surface area contributed by atoms with E-state index in [0.717, 1.165) is 0 Å². The van der Waals surface area contributed by atoms with Crippen LogP contribution in [0.1, 0.15) is 5.56 Å². The number of nitrogens with one attached hydrogen (secondary N) is 2. The topological polar surface area (TPSA) is 91.2 Å². The lowest BCUT2D eigenvalue weighted by Crippen LogP contribution is -2.37. The number of carbonyl (C=O) groups is 2. The monoisotopic (exact) mass is 295 g/mol. The molecule has 0 atom stereocenters. The third-order valence-corrected chi connectivity index (χ3v) is 2.64. The predicted molar refractivity (Wildman–Crippen MR) is 80.3 cm³/mol. The lowest BCUT2D eigenvalue weighted by molar-refractivity contribution is -0.121. The molecule has 0 saturated heterocycles. The average Bonchev–Trinajstić information content (AvgIpc) is 2.54. The van der Waals surface area contributed by atoms with E-state index in [1.54, 1.807) is 48.5 Å². The van der Waals surface area contributed by atoms with Gasteiger partial charge in [0.1, 0.15) is 5.75 Å². The second kappa shape index (κ2) is 7.45. The molecular weight excluding hydrogens is 282 g/mol. The van der Waals surface area contributed by atoms with E-state index in [1.165, 1.54) is 0 Å². The summed E-state index contributed by atoms with van der Waals surface area (Å²) in [5.41, 5.74) is 1.08. The summed E-state index contributed by atoms with van der Waals surface area (Å²) in [5, 5.41) is 13.3. The molecule has 3 amide bonds. The van der Waals surface area contributed by atoms with Gasteiger partial charge in [-0.25, -0.2) is 4.79 Å². The number of amides is 3. The fourth-order valence-corrected chi connectivity index (χ4v) is 1.62. The van der Waals surface area contributed by atoms with Crippen molar-refractivity contribution in [2.75, 3.05) is 11.9 Å². The summed E-state index contributed by atoms with van der Waals surface area (Å²) < 4.78 is 5.22. The molecule has 0 heterocycles. The van der Waals surface area contributed by atoms with Crippen LogP contribution >= 0.6 is 0 Å². The number of para-hydroxylation sites is 1. The SMILES string of the molecule is N#Cc1ccc(OCC(=O)NC(=O)Nc2ccccc2)cc1. The summed E-state index contributed by atoms with van der Waals surface area (Å²) in [7, 11) is 0. The highest BCUT2D eigenvalue weighted by Crippen LogP contribution is 2.11. The number of rotatable bonds is 4. The Morgan fingerprint density at radius 2 is 1.73 bits per heavy atom. The van der Waals surface area contributed by atoms with Gasteiger partial charge in [-0.1, -0.05) is 18.2 Å². The Balaban J connectivity index is 1.77. The van der Waals surface area contributed by atoms with Gasteiger partial charge in [0.25, 0.3) is 5.91 Å².